The molecule has 1 saturated heterocycles. The van der Waals surface area contributed by atoms with Crippen molar-refractivity contribution < 1.29 is 32.5 Å². The molecule has 0 radical (unpaired) electrons. The van der Waals surface area contributed by atoms with E-state index in [-0.39, 0.29) is 17.5 Å². The summed E-state index contributed by atoms with van der Waals surface area (Å²) in [6.45, 7) is 4.91. The van der Waals surface area contributed by atoms with E-state index in [1.165, 1.54) is 7.11 Å². The first-order valence-electron chi connectivity index (χ1n) is 11.9. The Balaban J connectivity index is 1.46. The molecule has 0 bridgehead atoms. The molecule has 1 spiro atoms. The highest BCUT2D eigenvalue weighted by atomic mass is 19.4. The number of fused-ring (bicyclic) bond motifs is 1. The summed E-state index contributed by atoms with van der Waals surface area (Å²) in [6, 6.07) is 6.80. The first kappa shape index (κ1) is 25.3. The maximum absolute atomic E-state index is 13.3. The number of halogens is 3. The molecule has 1 aromatic heterocycles. The van der Waals surface area contributed by atoms with E-state index in [4.69, 9.17) is 9.47 Å². The normalized spacial score (nSPS) is 19.5. The summed E-state index contributed by atoms with van der Waals surface area (Å²) in [5, 5.41) is 9.22. The average Bonchev–Trinajstić information content (AvgIpc) is 2.82. The minimum Gasteiger partial charge on any atom is -0.487 e. The number of carbonyl (C=O) groups is 1. The lowest BCUT2D eigenvalue weighted by molar-refractivity contribution is -0.141. The van der Waals surface area contributed by atoms with Crippen LogP contribution in [0.4, 0.5) is 13.2 Å². The summed E-state index contributed by atoms with van der Waals surface area (Å²) in [7, 11) is 1.41. The molecular weight excluding hydrogens is 461 g/mol. The second-order valence-corrected chi connectivity index (χ2v) is 9.70. The standard InChI is InChI=1S/C26H31F3N2O4/c1-16(24(32)33)12-18-4-5-19-6-7-25(35-22(19)13-18)8-10-31(11-9-25)17(2)21-14-20(26(27,28)29)15-30-23(21)34-3/h4-5,13-17H,6-12H2,1-3H3,(H,32,33)/t16-,17?/m0/s1. The number of ether oxygens (including phenoxy) is 2. The van der Waals surface area contributed by atoms with Crippen LogP contribution in [0.25, 0.3) is 0 Å². The van der Waals surface area contributed by atoms with Gasteiger partial charge in [0.05, 0.1) is 18.6 Å². The van der Waals surface area contributed by atoms with E-state index in [1.54, 1.807) is 6.92 Å². The number of aliphatic carboxylic acids is 1. The number of hydrogen-bond acceptors (Lipinski definition) is 5. The van der Waals surface area contributed by atoms with Crippen molar-refractivity contribution in [2.45, 2.75) is 63.8 Å². The number of benzene rings is 1. The minimum absolute atomic E-state index is 0.205. The monoisotopic (exact) mass is 492 g/mol. The van der Waals surface area contributed by atoms with E-state index in [0.717, 1.165) is 54.8 Å². The number of rotatable bonds is 6. The molecule has 1 aromatic carbocycles. The lowest BCUT2D eigenvalue weighted by Crippen LogP contribution is -2.50. The van der Waals surface area contributed by atoms with Gasteiger partial charge >= 0.3 is 12.1 Å². The Labute approximate surface area is 203 Å². The summed E-state index contributed by atoms with van der Waals surface area (Å²) < 4.78 is 51.6. The van der Waals surface area contributed by atoms with E-state index in [9.17, 15) is 23.1 Å². The van der Waals surface area contributed by atoms with Gasteiger partial charge in [-0.15, -0.1) is 0 Å². The average molecular weight is 493 g/mol. The Morgan fingerprint density at radius 1 is 1.23 bits per heavy atom. The van der Waals surface area contributed by atoms with Crippen LogP contribution in [-0.2, 0) is 23.8 Å². The molecule has 4 rings (SSSR count). The molecule has 0 saturated carbocycles. The van der Waals surface area contributed by atoms with Crippen molar-refractivity contribution in [1.29, 1.82) is 0 Å². The second kappa shape index (κ2) is 9.68. The van der Waals surface area contributed by atoms with Crippen molar-refractivity contribution in [3.8, 4) is 11.6 Å². The maximum Gasteiger partial charge on any atom is 0.417 e. The Kier molecular flexibility index (Phi) is 6.99. The number of aryl methyl sites for hydroxylation is 1. The Bertz CT molecular complexity index is 1080. The topological polar surface area (TPSA) is 71.9 Å². The number of carboxylic acids is 1. The quantitative estimate of drug-likeness (QED) is 0.591. The van der Waals surface area contributed by atoms with Crippen molar-refractivity contribution in [3.63, 3.8) is 0 Å². The number of methoxy groups -OCH3 is 1. The first-order valence-corrected chi connectivity index (χ1v) is 11.9. The molecule has 35 heavy (non-hydrogen) atoms. The number of aromatic nitrogens is 1. The number of piperidine rings is 1. The molecule has 2 atom stereocenters. The third-order valence-corrected chi connectivity index (χ3v) is 7.38. The molecule has 0 aliphatic carbocycles. The number of hydrogen-bond donors (Lipinski definition) is 1. The van der Waals surface area contributed by atoms with Crippen molar-refractivity contribution >= 4 is 5.97 Å². The van der Waals surface area contributed by atoms with Crippen LogP contribution in [-0.4, -0.2) is 46.8 Å². The van der Waals surface area contributed by atoms with Gasteiger partial charge in [0.15, 0.2) is 0 Å². The van der Waals surface area contributed by atoms with Gasteiger partial charge in [0.25, 0.3) is 0 Å². The van der Waals surface area contributed by atoms with Gasteiger partial charge in [0.2, 0.25) is 5.88 Å². The van der Waals surface area contributed by atoms with Crippen LogP contribution in [0.2, 0.25) is 0 Å². The molecule has 2 aromatic rings. The maximum atomic E-state index is 13.3. The van der Waals surface area contributed by atoms with E-state index < -0.39 is 23.6 Å². The third kappa shape index (κ3) is 5.39. The largest absolute Gasteiger partial charge is 0.487 e. The van der Waals surface area contributed by atoms with Gasteiger partial charge < -0.3 is 14.6 Å². The minimum atomic E-state index is -4.47. The Morgan fingerprint density at radius 3 is 2.57 bits per heavy atom. The van der Waals surface area contributed by atoms with E-state index in [0.29, 0.717) is 25.1 Å². The predicted molar refractivity (Wildman–Crippen MR) is 124 cm³/mol. The molecule has 2 aliphatic heterocycles. The fourth-order valence-corrected chi connectivity index (χ4v) is 5.08. The number of nitrogens with zero attached hydrogens (tertiary/aromatic N) is 2. The van der Waals surface area contributed by atoms with Gasteiger partial charge in [0, 0.05) is 30.9 Å². The second-order valence-electron chi connectivity index (χ2n) is 9.70. The van der Waals surface area contributed by atoms with Crippen LogP contribution >= 0.6 is 0 Å². The molecule has 9 heteroatoms. The molecule has 3 heterocycles. The molecule has 190 valence electrons. The zero-order valence-electron chi connectivity index (χ0n) is 20.2. The van der Waals surface area contributed by atoms with Gasteiger partial charge in [0.1, 0.15) is 11.4 Å². The van der Waals surface area contributed by atoms with E-state index in [1.807, 2.05) is 25.1 Å². The molecule has 1 unspecified atom stereocenters. The first-order chi connectivity index (χ1) is 16.5. The smallest absolute Gasteiger partial charge is 0.417 e. The van der Waals surface area contributed by atoms with Gasteiger partial charge in [-0.05, 0) is 62.3 Å². The molecular formula is C26H31F3N2O4. The van der Waals surface area contributed by atoms with Crippen molar-refractivity contribution in [2.24, 2.45) is 5.92 Å². The van der Waals surface area contributed by atoms with Crippen LogP contribution in [0.1, 0.15) is 61.4 Å². The van der Waals surface area contributed by atoms with Crippen LogP contribution in [0, 0.1) is 5.92 Å². The summed E-state index contributed by atoms with van der Waals surface area (Å²) in [5.74, 6) is -0.278. The fourth-order valence-electron chi connectivity index (χ4n) is 5.08. The number of likely N-dealkylation sites (tertiary alicyclic amines) is 1. The highest BCUT2D eigenvalue weighted by Crippen LogP contribution is 2.42. The predicted octanol–water partition coefficient (Wildman–Crippen LogP) is 5.29. The SMILES string of the molecule is COc1ncc(C(F)(F)F)cc1C(C)N1CCC2(CCc3ccc(C[C@H](C)C(=O)O)cc3O2)CC1. The van der Waals surface area contributed by atoms with Crippen molar-refractivity contribution in [3.05, 3.63) is 52.7 Å². The van der Waals surface area contributed by atoms with Crippen molar-refractivity contribution in [2.75, 3.05) is 20.2 Å². The van der Waals surface area contributed by atoms with Crippen LogP contribution in [0.5, 0.6) is 11.6 Å². The lowest BCUT2D eigenvalue weighted by Gasteiger charge is -2.46. The lowest BCUT2D eigenvalue weighted by atomic mass is 9.82. The zero-order chi connectivity index (χ0) is 25.4. The van der Waals surface area contributed by atoms with Crippen molar-refractivity contribution in [1.82, 2.24) is 9.88 Å². The van der Waals surface area contributed by atoms with Crippen LogP contribution < -0.4 is 9.47 Å². The summed E-state index contributed by atoms with van der Waals surface area (Å²) in [6.07, 6.45) is 0.0370. The third-order valence-electron chi connectivity index (χ3n) is 7.38. The zero-order valence-corrected chi connectivity index (χ0v) is 20.2. The van der Waals surface area contributed by atoms with Gasteiger partial charge in [-0.3, -0.25) is 9.69 Å². The number of carboxylic acid groups (broad SMARTS) is 1. The van der Waals surface area contributed by atoms with E-state index in [2.05, 4.69) is 9.88 Å². The molecule has 1 N–H and O–H groups in total. The van der Waals surface area contributed by atoms with Crippen LogP contribution in [0.3, 0.4) is 0 Å². The van der Waals surface area contributed by atoms with Gasteiger partial charge in [-0.2, -0.15) is 13.2 Å². The molecule has 0 amide bonds. The number of pyridine rings is 1. The summed E-state index contributed by atoms with van der Waals surface area (Å²) in [4.78, 5) is 17.3. The fraction of sp³-hybridized carbons (Fsp3) is 0.538. The molecule has 2 aliphatic rings. The highest BCUT2D eigenvalue weighted by Gasteiger charge is 2.41. The summed E-state index contributed by atoms with van der Waals surface area (Å²) >= 11 is 0. The Hall–Kier alpha value is -2.81. The molecule has 6 nitrogen and oxygen atoms in total. The van der Waals surface area contributed by atoms with E-state index >= 15 is 0 Å². The Morgan fingerprint density at radius 2 is 1.94 bits per heavy atom. The number of alkyl halides is 3. The van der Waals surface area contributed by atoms with Gasteiger partial charge in [-0.1, -0.05) is 19.1 Å². The summed E-state index contributed by atoms with van der Waals surface area (Å²) in [5.41, 5.74) is 1.37. The van der Waals surface area contributed by atoms with Crippen LogP contribution in [0.15, 0.2) is 30.5 Å². The highest BCUT2D eigenvalue weighted by molar-refractivity contribution is 5.70. The van der Waals surface area contributed by atoms with Gasteiger partial charge in [-0.25, -0.2) is 4.98 Å². The molecule has 1 fully saturated rings.